The Morgan fingerprint density at radius 1 is 1.14 bits per heavy atom. The van der Waals surface area contributed by atoms with Gasteiger partial charge in [0.15, 0.2) is 0 Å². The zero-order valence-electron chi connectivity index (χ0n) is 12.7. The zero-order chi connectivity index (χ0) is 15.5. The fourth-order valence-corrected chi connectivity index (χ4v) is 2.64. The number of hydrogen-bond acceptors (Lipinski definition) is 3. The Hall–Kier alpha value is -2.62. The van der Waals surface area contributed by atoms with Crippen molar-refractivity contribution in [3.8, 4) is 5.75 Å². The van der Waals surface area contributed by atoms with Gasteiger partial charge in [0.2, 0.25) is 6.41 Å². The van der Waals surface area contributed by atoms with E-state index in [4.69, 9.17) is 4.74 Å². The lowest BCUT2D eigenvalue weighted by Crippen LogP contribution is -2.17. The van der Waals surface area contributed by atoms with Crippen molar-refractivity contribution in [2.45, 2.75) is 19.4 Å². The summed E-state index contributed by atoms with van der Waals surface area (Å²) < 4.78 is 5.17. The minimum atomic E-state index is -0.0558. The van der Waals surface area contributed by atoms with Gasteiger partial charge in [0.1, 0.15) is 5.75 Å². The normalized spacial score (nSPS) is 17.3. The van der Waals surface area contributed by atoms with Crippen molar-refractivity contribution in [3.05, 3.63) is 65.2 Å². The van der Waals surface area contributed by atoms with Crippen LogP contribution in [0.25, 0.3) is 0 Å². The van der Waals surface area contributed by atoms with Crippen molar-refractivity contribution in [1.29, 1.82) is 0 Å². The van der Waals surface area contributed by atoms with Crippen LogP contribution in [0.2, 0.25) is 0 Å². The lowest BCUT2D eigenvalue weighted by molar-refractivity contribution is -0.119. The standard InChI is InChI=1S/C18H18N2O2/c1-13-3-5-14(6-4-13)17-11-18(20(12-21)19-17)15-7-9-16(22-2)10-8-15/h3-10,12,18H,11H2,1-2H3/t18-/m1/s1. The summed E-state index contributed by atoms with van der Waals surface area (Å²) >= 11 is 0. The molecule has 0 spiro atoms. The molecule has 0 saturated heterocycles. The van der Waals surface area contributed by atoms with Crippen LogP contribution in [0, 0.1) is 6.92 Å². The van der Waals surface area contributed by atoms with Gasteiger partial charge in [-0.1, -0.05) is 42.0 Å². The van der Waals surface area contributed by atoms with Crippen molar-refractivity contribution in [2.24, 2.45) is 5.10 Å². The van der Waals surface area contributed by atoms with Gasteiger partial charge in [-0.05, 0) is 30.2 Å². The summed E-state index contributed by atoms with van der Waals surface area (Å²) in [5.74, 6) is 0.805. The molecule has 1 amide bonds. The van der Waals surface area contributed by atoms with Gasteiger partial charge in [-0.25, -0.2) is 5.01 Å². The Bertz CT molecular complexity index is 690. The summed E-state index contributed by atoms with van der Waals surface area (Å²) in [4.78, 5) is 11.3. The number of amides is 1. The number of benzene rings is 2. The highest BCUT2D eigenvalue weighted by Crippen LogP contribution is 2.32. The molecule has 0 N–H and O–H groups in total. The number of methoxy groups -OCH3 is 1. The third kappa shape index (κ3) is 2.72. The Labute approximate surface area is 130 Å². The number of aryl methyl sites for hydroxylation is 1. The van der Waals surface area contributed by atoms with E-state index in [1.807, 2.05) is 36.4 Å². The van der Waals surface area contributed by atoms with Crippen molar-refractivity contribution in [3.63, 3.8) is 0 Å². The SMILES string of the molecule is COc1ccc([C@H]2CC(c3ccc(C)cc3)=NN2C=O)cc1. The third-order valence-electron chi connectivity index (χ3n) is 3.94. The molecule has 0 aromatic heterocycles. The quantitative estimate of drug-likeness (QED) is 0.812. The molecule has 1 aliphatic rings. The van der Waals surface area contributed by atoms with Gasteiger partial charge < -0.3 is 4.74 Å². The monoisotopic (exact) mass is 294 g/mol. The van der Waals surface area contributed by atoms with Crippen molar-refractivity contribution < 1.29 is 9.53 Å². The van der Waals surface area contributed by atoms with Crippen molar-refractivity contribution in [1.82, 2.24) is 5.01 Å². The Morgan fingerprint density at radius 3 is 2.41 bits per heavy atom. The average molecular weight is 294 g/mol. The van der Waals surface area contributed by atoms with E-state index in [0.29, 0.717) is 6.42 Å². The van der Waals surface area contributed by atoms with Crippen LogP contribution in [-0.4, -0.2) is 24.2 Å². The second-order valence-electron chi connectivity index (χ2n) is 5.39. The van der Waals surface area contributed by atoms with Gasteiger partial charge in [0.25, 0.3) is 0 Å². The first-order chi connectivity index (χ1) is 10.7. The Kier molecular flexibility index (Phi) is 3.92. The average Bonchev–Trinajstić information content (AvgIpc) is 3.00. The van der Waals surface area contributed by atoms with Crippen molar-refractivity contribution in [2.75, 3.05) is 7.11 Å². The molecule has 2 aromatic carbocycles. The number of carbonyl (C=O) groups excluding carboxylic acids is 1. The van der Waals surface area contributed by atoms with Gasteiger partial charge in [0.05, 0.1) is 18.9 Å². The Balaban J connectivity index is 1.85. The summed E-state index contributed by atoms with van der Waals surface area (Å²) in [5, 5.41) is 5.95. The minimum absolute atomic E-state index is 0.0558. The molecule has 1 atom stereocenters. The van der Waals surface area contributed by atoms with E-state index < -0.39 is 0 Å². The van der Waals surface area contributed by atoms with E-state index in [0.717, 1.165) is 29.0 Å². The molecule has 0 fully saturated rings. The second kappa shape index (κ2) is 6.02. The smallest absolute Gasteiger partial charge is 0.230 e. The van der Waals surface area contributed by atoms with E-state index in [1.54, 1.807) is 7.11 Å². The van der Waals surface area contributed by atoms with Gasteiger partial charge in [-0.2, -0.15) is 5.10 Å². The van der Waals surface area contributed by atoms with E-state index in [2.05, 4.69) is 24.2 Å². The molecule has 3 rings (SSSR count). The summed E-state index contributed by atoms with van der Waals surface area (Å²) in [5.41, 5.74) is 4.27. The minimum Gasteiger partial charge on any atom is -0.497 e. The van der Waals surface area contributed by atoms with E-state index >= 15 is 0 Å². The predicted molar refractivity (Wildman–Crippen MR) is 86.0 cm³/mol. The highest BCUT2D eigenvalue weighted by atomic mass is 16.5. The summed E-state index contributed by atoms with van der Waals surface area (Å²) in [6, 6.07) is 15.9. The molecule has 4 heteroatoms. The summed E-state index contributed by atoms with van der Waals surface area (Å²) in [6.07, 6.45) is 1.50. The maximum Gasteiger partial charge on any atom is 0.230 e. The first kappa shape index (κ1) is 14.3. The zero-order valence-corrected chi connectivity index (χ0v) is 12.7. The molecule has 1 heterocycles. The number of nitrogens with zero attached hydrogens (tertiary/aromatic N) is 2. The number of hydrazone groups is 1. The van der Waals surface area contributed by atoms with Crippen LogP contribution in [-0.2, 0) is 4.79 Å². The number of rotatable bonds is 4. The molecule has 0 saturated carbocycles. The lowest BCUT2D eigenvalue weighted by atomic mass is 9.98. The van der Waals surface area contributed by atoms with Crippen LogP contribution in [0.15, 0.2) is 53.6 Å². The van der Waals surface area contributed by atoms with Crippen LogP contribution >= 0.6 is 0 Å². The van der Waals surface area contributed by atoms with Crippen LogP contribution in [0.1, 0.15) is 29.2 Å². The third-order valence-corrected chi connectivity index (χ3v) is 3.94. The highest BCUT2D eigenvalue weighted by molar-refractivity contribution is 6.02. The highest BCUT2D eigenvalue weighted by Gasteiger charge is 2.28. The van der Waals surface area contributed by atoms with Crippen LogP contribution < -0.4 is 4.74 Å². The van der Waals surface area contributed by atoms with Crippen LogP contribution in [0.5, 0.6) is 5.75 Å². The fourth-order valence-electron chi connectivity index (χ4n) is 2.64. The van der Waals surface area contributed by atoms with Crippen molar-refractivity contribution >= 4 is 12.1 Å². The van der Waals surface area contributed by atoms with Crippen LogP contribution in [0.3, 0.4) is 0 Å². The number of carbonyl (C=O) groups is 1. The largest absolute Gasteiger partial charge is 0.497 e. The fraction of sp³-hybridized carbons (Fsp3) is 0.222. The van der Waals surface area contributed by atoms with Gasteiger partial charge in [0, 0.05) is 6.42 Å². The Morgan fingerprint density at radius 2 is 1.82 bits per heavy atom. The molecule has 0 radical (unpaired) electrons. The van der Waals surface area contributed by atoms with E-state index in [9.17, 15) is 4.79 Å². The topological polar surface area (TPSA) is 41.9 Å². The lowest BCUT2D eigenvalue weighted by Gasteiger charge is -2.17. The molecule has 0 unspecified atom stereocenters. The van der Waals surface area contributed by atoms with Gasteiger partial charge >= 0.3 is 0 Å². The predicted octanol–water partition coefficient (Wildman–Crippen LogP) is 3.31. The molecular formula is C18H18N2O2. The van der Waals surface area contributed by atoms with Crippen LogP contribution in [0.4, 0.5) is 0 Å². The second-order valence-corrected chi connectivity index (χ2v) is 5.39. The first-order valence-corrected chi connectivity index (χ1v) is 7.23. The number of hydrogen-bond donors (Lipinski definition) is 0. The molecule has 0 aliphatic carbocycles. The molecular weight excluding hydrogens is 276 g/mol. The summed E-state index contributed by atoms with van der Waals surface area (Å²) in [6.45, 7) is 2.05. The molecule has 1 aliphatic heterocycles. The van der Waals surface area contributed by atoms with E-state index in [-0.39, 0.29) is 6.04 Å². The number of ether oxygens (including phenoxy) is 1. The van der Waals surface area contributed by atoms with Gasteiger partial charge in [-0.15, -0.1) is 0 Å². The summed E-state index contributed by atoms with van der Waals surface area (Å²) in [7, 11) is 1.64. The van der Waals surface area contributed by atoms with Gasteiger partial charge in [-0.3, -0.25) is 4.79 Å². The molecule has 0 bridgehead atoms. The van der Waals surface area contributed by atoms with E-state index in [1.165, 1.54) is 10.6 Å². The molecule has 4 nitrogen and oxygen atoms in total. The molecule has 22 heavy (non-hydrogen) atoms. The first-order valence-electron chi connectivity index (χ1n) is 7.23. The molecule has 2 aromatic rings. The maximum absolute atomic E-state index is 11.3. The molecule has 112 valence electrons. The maximum atomic E-state index is 11.3.